The van der Waals surface area contributed by atoms with E-state index < -0.39 is 10.8 Å². The first-order valence-corrected chi connectivity index (χ1v) is 8.49. The van der Waals surface area contributed by atoms with Crippen LogP contribution in [0.15, 0.2) is 12.4 Å². The molecule has 0 aliphatic heterocycles. The van der Waals surface area contributed by atoms with Crippen molar-refractivity contribution in [2.24, 2.45) is 0 Å². The number of nitrogens with one attached hydrogen (secondary N) is 1. The molecule has 2 atom stereocenters. The molecule has 1 fully saturated rings. The van der Waals surface area contributed by atoms with Gasteiger partial charge in [0, 0.05) is 47.3 Å². The number of imidazole rings is 1. The van der Waals surface area contributed by atoms with Crippen LogP contribution in [0.4, 0.5) is 5.95 Å². The van der Waals surface area contributed by atoms with Crippen molar-refractivity contribution in [3.05, 3.63) is 12.4 Å². The summed E-state index contributed by atoms with van der Waals surface area (Å²) in [5, 5.41) is 3.38. The van der Waals surface area contributed by atoms with Crippen molar-refractivity contribution in [2.75, 3.05) is 17.3 Å². The van der Waals surface area contributed by atoms with Crippen LogP contribution in [0, 0.1) is 0 Å². The van der Waals surface area contributed by atoms with E-state index in [4.69, 9.17) is 0 Å². The minimum Gasteiger partial charge on any atom is -0.352 e. The summed E-state index contributed by atoms with van der Waals surface area (Å²) in [5.74, 6) is 1.59. The van der Waals surface area contributed by atoms with Gasteiger partial charge in [-0.05, 0) is 19.8 Å². The smallest absolute Gasteiger partial charge is 0.203 e. The number of hydrogen-bond acceptors (Lipinski definition) is 3. The van der Waals surface area contributed by atoms with Crippen LogP contribution in [0.5, 0.6) is 0 Å². The quantitative estimate of drug-likeness (QED) is 0.893. The molecule has 0 amide bonds. The van der Waals surface area contributed by atoms with E-state index in [1.165, 1.54) is 32.1 Å². The maximum atomic E-state index is 11.2. The van der Waals surface area contributed by atoms with Gasteiger partial charge < -0.3 is 9.88 Å². The Morgan fingerprint density at radius 3 is 2.89 bits per heavy atom. The first-order valence-electron chi connectivity index (χ1n) is 6.76. The van der Waals surface area contributed by atoms with Crippen LogP contribution >= 0.6 is 0 Å². The van der Waals surface area contributed by atoms with Crippen molar-refractivity contribution in [3.8, 4) is 0 Å². The summed E-state index contributed by atoms with van der Waals surface area (Å²) in [6, 6.07) is 0.781. The van der Waals surface area contributed by atoms with E-state index in [9.17, 15) is 4.21 Å². The molecule has 1 heterocycles. The molecule has 2 unspecified atom stereocenters. The highest BCUT2D eigenvalue weighted by atomic mass is 32.2. The van der Waals surface area contributed by atoms with Gasteiger partial charge in [0.25, 0.3) is 0 Å². The summed E-state index contributed by atoms with van der Waals surface area (Å²) >= 11 is 0. The average molecular weight is 269 g/mol. The second kappa shape index (κ2) is 6.36. The van der Waals surface area contributed by atoms with Gasteiger partial charge in [-0.3, -0.25) is 4.21 Å². The minimum absolute atomic E-state index is 0.195. The standard InChI is InChI=1S/C13H23N3OS/c1-11(10-18(2)17)15-13-14-8-9-16(13)12-6-4-3-5-7-12/h8-9,11-12H,3-7,10H2,1-2H3,(H,14,15). The summed E-state index contributed by atoms with van der Waals surface area (Å²) in [6.07, 6.45) is 12.2. The van der Waals surface area contributed by atoms with Gasteiger partial charge in [0.2, 0.25) is 5.95 Å². The Morgan fingerprint density at radius 2 is 2.22 bits per heavy atom. The fourth-order valence-electron chi connectivity index (χ4n) is 2.69. The molecular weight excluding hydrogens is 246 g/mol. The molecule has 1 N–H and O–H groups in total. The third-order valence-corrected chi connectivity index (χ3v) is 4.47. The van der Waals surface area contributed by atoms with Crippen molar-refractivity contribution in [1.82, 2.24) is 9.55 Å². The van der Waals surface area contributed by atoms with Crippen molar-refractivity contribution < 1.29 is 4.21 Å². The lowest BCUT2D eigenvalue weighted by molar-refractivity contribution is 0.355. The molecule has 0 radical (unpaired) electrons. The van der Waals surface area contributed by atoms with Gasteiger partial charge in [0.05, 0.1) is 0 Å². The Kier molecular flexibility index (Phi) is 4.80. The van der Waals surface area contributed by atoms with E-state index in [1.54, 1.807) is 6.26 Å². The number of aromatic nitrogens is 2. The summed E-state index contributed by atoms with van der Waals surface area (Å²) < 4.78 is 13.5. The second-order valence-corrected chi connectivity index (χ2v) is 6.71. The molecule has 5 heteroatoms. The van der Waals surface area contributed by atoms with E-state index in [0.29, 0.717) is 11.8 Å². The molecular formula is C13H23N3OS. The van der Waals surface area contributed by atoms with E-state index in [1.807, 2.05) is 6.20 Å². The third-order valence-electron chi connectivity index (χ3n) is 3.50. The lowest BCUT2D eigenvalue weighted by Crippen LogP contribution is -2.25. The molecule has 1 aromatic heterocycles. The highest BCUT2D eigenvalue weighted by Crippen LogP contribution is 2.30. The topological polar surface area (TPSA) is 46.9 Å². The Morgan fingerprint density at radius 1 is 1.50 bits per heavy atom. The molecule has 0 aromatic carbocycles. The predicted octanol–water partition coefficient (Wildman–Crippen LogP) is 2.57. The molecule has 1 saturated carbocycles. The van der Waals surface area contributed by atoms with Crippen molar-refractivity contribution in [1.29, 1.82) is 0 Å². The predicted molar refractivity (Wildman–Crippen MR) is 76.4 cm³/mol. The zero-order chi connectivity index (χ0) is 13.0. The SMILES string of the molecule is CC(CS(C)=O)Nc1nccn1C1CCCCC1. The molecule has 0 saturated heterocycles. The molecule has 1 aromatic rings. The molecule has 1 aliphatic carbocycles. The van der Waals surface area contributed by atoms with Crippen LogP contribution in [0.2, 0.25) is 0 Å². The maximum Gasteiger partial charge on any atom is 0.203 e. The van der Waals surface area contributed by atoms with E-state index in [2.05, 4.69) is 28.0 Å². The van der Waals surface area contributed by atoms with Gasteiger partial charge in [-0.2, -0.15) is 0 Å². The van der Waals surface area contributed by atoms with Crippen LogP contribution in [0.3, 0.4) is 0 Å². The van der Waals surface area contributed by atoms with Crippen LogP contribution in [-0.2, 0) is 10.8 Å². The van der Waals surface area contributed by atoms with Gasteiger partial charge in [-0.25, -0.2) is 4.98 Å². The van der Waals surface area contributed by atoms with Crippen LogP contribution < -0.4 is 5.32 Å². The summed E-state index contributed by atoms with van der Waals surface area (Å²) in [6.45, 7) is 2.06. The van der Waals surface area contributed by atoms with Crippen LogP contribution in [-0.4, -0.2) is 31.8 Å². The Balaban J connectivity index is 2.00. The lowest BCUT2D eigenvalue weighted by atomic mass is 9.95. The van der Waals surface area contributed by atoms with Crippen LogP contribution in [0.25, 0.3) is 0 Å². The van der Waals surface area contributed by atoms with Crippen LogP contribution in [0.1, 0.15) is 45.1 Å². The lowest BCUT2D eigenvalue weighted by Gasteiger charge is -2.25. The van der Waals surface area contributed by atoms with Gasteiger partial charge in [0.15, 0.2) is 0 Å². The van der Waals surface area contributed by atoms with Gasteiger partial charge in [-0.15, -0.1) is 0 Å². The zero-order valence-electron chi connectivity index (χ0n) is 11.3. The molecule has 102 valence electrons. The molecule has 2 rings (SSSR count). The normalized spacial score (nSPS) is 20.6. The van der Waals surface area contributed by atoms with E-state index >= 15 is 0 Å². The van der Waals surface area contributed by atoms with E-state index in [-0.39, 0.29) is 6.04 Å². The van der Waals surface area contributed by atoms with Gasteiger partial charge >= 0.3 is 0 Å². The van der Waals surface area contributed by atoms with E-state index in [0.717, 1.165) is 5.95 Å². The van der Waals surface area contributed by atoms with Gasteiger partial charge in [0.1, 0.15) is 0 Å². The first kappa shape index (κ1) is 13.6. The molecule has 0 spiro atoms. The number of rotatable bonds is 5. The first-order chi connectivity index (χ1) is 8.66. The maximum absolute atomic E-state index is 11.2. The largest absolute Gasteiger partial charge is 0.352 e. The number of anilines is 1. The molecule has 0 bridgehead atoms. The Labute approximate surface area is 112 Å². The van der Waals surface area contributed by atoms with Crippen molar-refractivity contribution in [2.45, 2.75) is 51.1 Å². The van der Waals surface area contributed by atoms with Crippen molar-refractivity contribution >= 4 is 16.7 Å². The highest BCUT2D eigenvalue weighted by molar-refractivity contribution is 7.84. The monoisotopic (exact) mass is 269 g/mol. The fourth-order valence-corrected chi connectivity index (χ4v) is 3.48. The molecule has 4 nitrogen and oxygen atoms in total. The Hall–Kier alpha value is -0.840. The average Bonchev–Trinajstić information content (AvgIpc) is 2.77. The summed E-state index contributed by atoms with van der Waals surface area (Å²) in [7, 11) is -0.768. The van der Waals surface area contributed by atoms with Crippen molar-refractivity contribution in [3.63, 3.8) is 0 Å². The highest BCUT2D eigenvalue weighted by Gasteiger charge is 2.18. The summed E-state index contributed by atoms with van der Waals surface area (Å²) in [4.78, 5) is 4.39. The number of hydrogen-bond donors (Lipinski definition) is 1. The fraction of sp³-hybridized carbons (Fsp3) is 0.769. The zero-order valence-corrected chi connectivity index (χ0v) is 12.1. The van der Waals surface area contributed by atoms with Gasteiger partial charge in [-0.1, -0.05) is 19.3 Å². The third kappa shape index (κ3) is 3.57. The summed E-state index contributed by atoms with van der Waals surface area (Å²) in [5.41, 5.74) is 0. The molecule has 1 aliphatic rings. The molecule has 18 heavy (non-hydrogen) atoms. The second-order valence-electron chi connectivity index (χ2n) is 5.24. The number of nitrogens with zero attached hydrogens (tertiary/aromatic N) is 2. The Bertz CT molecular complexity index is 399. The minimum atomic E-state index is -0.768.